The van der Waals surface area contributed by atoms with Gasteiger partial charge in [-0.3, -0.25) is 9.69 Å². The van der Waals surface area contributed by atoms with Crippen LogP contribution in [0.1, 0.15) is 52.5 Å². The quantitative estimate of drug-likeness (QED) is 0.319. The van der Waals surface area contributed by atoms with Crippen molar-refractivity contribution < 1.29 is 0 Å². The second-order valence-electron chi connectivity index (χ2n) is 10.8. The van der Waals surface area contributed by atoms with Gasteiger partial charge in [-0.2, -0.15) is 0 Å². The van der Waals surface area contributed by atoms with E-state index in [1.807, 2.05) is 29.8 Å². The first-order chi connectivity index (χ1) is 19.1. The van der Waals surface area contributed by atoms with Crippen molar-refractivity contribution in [2.45, 2.75) is 45.7 Å². The van der Waals surface area contributed by atoms with E-state index in [4.69, 9.17) is 0 Å². The second-order valence-corrected chi connectivity index (χ2v) is 10.8. The van der Waals surface area contributed by atoms with E-state index in [2.05, 4.69) is 93.0 Å². The Morgan fingerprint density at radius 3 is 2.28 bits per heavy atom. The van der Waals surface area contributed by atoms with Crippen LogP contribution in [0.5, 0.6) is 0 Å². The number of pyridine rings is 1. The van der Waals surface area contributed by atoms with Crippen LogP contribution in [0.25, 0.3) is 10.9 Å². The van der Waals surface area contributed by atoms with Gasteiger partial charge in [-0.1, -0.05) is 72.8 Å². The van der Waals surface area contributed by atoms with Gasteiger partial charge in [0.15, 0.2) is 5.82 Å². The lowest BCUT2D eigenvalue weighted by Gasteiger charge is -2.37. The number of hydrogen-bond donors (Lipinski definition) is 1. The molecule has 0 unspecified atom stereocenters. The van der Waals surface area contributed by atoms with Crippen LogP contribution in [0.3, 0.4) is 0 Å². The van der Waals surface area contributed by atoms with Gasteiger partial charge in [0.1, 0.15) is 6.04 Å². The van der Waals surface area contributed by atoms with Crippen molar-refractivity contribution in [3.8, 4) is 0 Å². The summed E-state index contributed by atoms with van der Waals surface area (Å²) in [6.07, 6.45) is 3.21. The molecule has 39 heavy (non-hydrogen) atoms. The molecule has 1 atom stereocenters. The van der Waals surface area contributed by atoms with E-state index in [-0.39, 0.29) is 11.6 Å². The molecule has 1 N–H and O–H groups in total. The highest BCUT2D eigenvalue weighted by atomic mass is 16.1. The molecule has 0 bridgehead atoms. The minimum Gasteiger partial charge on any atom is -0.321 e. The molecule has 0 saturated carbocycles. The Morgan fingerprint density at radius 2 is 1.56 bits per heavy atom. The average Bonchev–Trinajstić information content (AvgIpc) is 3.41. The Kier molecular flexibility index (Phi) is 7.07. The zero-order valence-corrected chi connectivity index (χ0v) is 22.5. The van der Waals surface area contributed by atoms with Crippen molar-refractivity contribution in [1.29, 1.82) is 0 Å². The molecule has 1 aliphatic heterocycles. The molecular weight excluding hydrogens is 484 g/mol. The van der Waals surface area contributed by atoms with Gasteiger partial charge >= 0.3 is 0 Å². The maximum atomic E-state index is 13.7. The van der Waals surface area contributed by atoms with Crippen LogP contribution in [-0.4, -0.2) is 43.2 Å². The van der Waals surface area contributed by atoms with Crippen LogP contribution in [-0.2, 0) is 13.0 Å². The van der Waals surface area contributed by atoms with E-state index in [0.29, 0.717) is 23.9 Å². The van der Waals surface area contributed by atoms with E-state index in [1.54, 1.807) is 0 Å². The molecular formula is C32H34N6O. The number of aromatic amines is 1. The minimum atomic E-state index is -0.338. The van der Waals surface area contributed by atoms with Crippen LogP contribution in [0.4, 0.5) is 0 Å². The predicted octanol–water partition coefficient (Wildman–Crippen LogP) is 5.22. The van der Waals surface area contributed by atoms with Crippen molar-refractivity contribution >= 4 is 10.9 Å². The fourth-order valence-corrected chi connectivity index (χ4v) is 5.93. The molecule has 5 aromatic rings. The molecule has 3 aromatic carbocycles. The summed E-state index contributed by atoms with van der Waals surface area (Å²) in [6.45, 7) is 6.43. The third-order valence-electron chi connectivity index (χ3n) is 8.13. The van der Waals surface area contributed by atoms with Crippen LogP contribution in [0, 0.1) is 19.8 Å². The van der Waals surface area contributed by atoms with Crippen molar-refractivity contribution in [2.24, 2.45) is 5.92 Å². The fraction of sp³-hybridized carbons (Fsp3) is 0.312. The highest BCUT2D eigenvalue weighted by molar-refractivity contribution is 5.85. The van der Waals surface area contributed by atoms with E-state index in [0.717, 1.165) is 59.9 Å². The molecule has 0 radical (unpaired) electrons. The first-order valence-electron chi connectivity index (χ1n) is 13.8. The number of fused-ring (bicyclic) bond motifs is 1. The number of aromatic nitrogens is 5. The van der Waals surface area contributed by atoms with E-state index < -0.39 is 0 Å². The maximum Gasteiger partial charge on any atom is 0.253 e. The van der Waals surface area contributed by atoms with E-state index in [1.165, 1.54) is 5.56 Å². The van der Waals surface area contributed by atoms with Crippen LogP contribution < -0.4 is 5.56 Å². The highest BCUT2D eigenvalue weighted by Crippen LogP contribution is 2.33. The first kappa shape index (κ1) is 25.2. The summed E-state index contributed by atoms with van der Waals surface area (Å²) in [5.41, 5.74) is 6.21. The van der Waals surface area contributed by atoms with Gasteiger partial charge in [0.25, 0.3) is 5.56 Å². The maximum absolute atomic E-state index is 13.7. The van der Waals surface area contributed by atoms with Crippen molar-refractivity contribution in [1.82, 2.24) is 30.1 Å². The average molecular weight is 519 g/mol. The summed E-state index contributed by atoms with van der Waals surface area (Å²) < 4.78 is 1.85. The SMILES string of the molecule is Cc1ccc(C)c2[nH]c(=O)c([C@H](c3nnnn3Cc3ccccc3)N3CCC(Cc4ccccc4)CC3)cc12. The van der Waals surface area contributed by atoms with Crippen molar-refractivity contribution in [3.05, 3.63) is 123 Å². The zero-order chi connectivity index (χ0) is 26.8. The van der Waals surface area contributed by atoms with Crippen LogP contribution in [0.2, 0.25) is 0 Å². The number of tetrazole rings is 1. The second kappa shape index (κ2) is 10.9. The number of benzene rings is 3. The van der Waals surface area contributed by atoms with Gasteiger partial charge in [0.2, 0.25) is 0 Å². The number of nitrogens with one attached hydrogen (secondary N) is 1. The van der Waals surface area contributed by atoms with Crippen LogP contribution >= 0.6 is 0 Å². The fourth-order valence-electron chi connectivity index (χ4n) is 5.93. The molecule has 198 valence electrons. The number of hydrogen-bond acceptors (Lipinski definition) is 5. The lowest BCUT2D eigenvalue weighted by Crippen LogP contribution is -2.41. The lowest BCUT2D eigenvalue weighted by atomic mass is 9.88. The summed E-state index contributed by atoms with van der Waals surface area (Å²) in [4.78, 5) is 19.3. The summed E-state index contributed by atoms with van der Waals surface area (Å²) in [6, 6.07) is 26.8. The summed E-state index contributed by atoms with van der Waals surface area (Å²) in [5.74, 6) is 1.32. The summed E-state index contributed by atoms with van der Waals surface area (Å²) >= 11 is 0. The molecule has 0 spiro atoms. The molecule has 1 fully saturated rings. The number of H-pyrrole nitrogens is 1. The number of rotatable bonds is 7. The number of likely N-dealkylation sites (tertiary alicyclic amines) is 1. The van der Waals surface area contributed by atoms with Gasteiger partial charge in [-0.25, -0.2) is 4.68 Å². The molecule has 0 aliphatic carbocycles. The van der Waals surface area contributed by atoms with E-state index >= 15 is 0 Å². The Labute approximate surface area is 228 Å². The predicted molar refractivity (Wildman–Crippen MR) is 154 cm³/mol. The molecule has 6 rings (SSSR count). The zero-order valence-electron chi connectivity index (χ0n) is 22.5. The molecule has 3 heterocycles. The third-order valence-corrected chi connectivity index (χ3v) is 8.13. The monoisotopic (exact) mass is 518 g/mol. The largest absolute Gasteiger partial charge is 0.321 e. The van der Waals surface area contributed by atoms with Crippen LogP contribution in [0.15, 0.2) is 83.7 Å². The topological polar surface area (TPSA) is 79.7 Å². The van der Waals surface area contributed by atoms with Crippen molar-refractivity contribution in [3.63, 3.8) is 0 Å². The number of aryl methyl sites for hydroxylation is 2. The standard InChI is InChI=1S/C32H34N6O/c1-22-13-14-23(2)29-27(22)20-28(32(39)33-29)30(31-34-35-36-38(31)21-26-11-7-4-8-12-26)37-17-15-25(16-18-37)19-24-9-5-3-6-10-24/h3-14,20,25,30H,15-19,21H2,1-2H3,(H,33,39)/t30-/m1/s1. The molecule has 7 heteroatoms. The van der Waals surface area contributed by atoms with Gasteiger partial charge in [0, 0.05) is 10.9 Å². The van der Waals surface area contributed by atoms with Gasteiger partial charge in [-0.05, 0) is 90.9 Å². The van der Waals surface area contributed by atoms with E-state index in [9.17, 15) is 4.79 Å². The summed E-state index contributed by atoms with van der Waals surface area (Å²) in [7, 11) is 0. The third kappa shape index (κ3) is 5.27. The summed E-state index contributed by atoms with van der Waals surface area (Å²) in [5, 5.41) is 14.0. The number of piperidine rings is 1. The lowest BCUT2D eigenvalue weighted by molar-refractivity contribution is 0.143. The molecule has 7 nitrogen and oxygen atoms in total. The Bertz CT molecular complexity index is 1620. The van der Waals surface area contributed by atoms with Gasteiger partial charge in [-0.15, -0.1) is 5.10 Å². The van der Waals surface area contributed by atoms with Gasteiger partial charge in [0.05, 0.1) is 12.1 Å². The Balaban J connectivity index is 1.37. The normalized spacial score (nSPS) is 15.5. The molecule has 1 aliphatic rings. The molecule has 0 amide bonds. The molecule has 2 aromatic heterocycles. The highest BCUT2D eigenvalue weighted by Gasteiger charge is 2.33. The molecule has 1 saturated heterocycles. The number of nitrogens with zero attached hydrogens (tertiary/aromatic N) is 5. The van der Waals surface area contributed by atoms with Crippen molar-refractivity contribution in [2.75, 3.05) is 13.1 Å². The Morgan fingerprint density at radius 1 is 0.897 bits per heavy atom. The Hall–Kier alpha value is -4.10. The smallest absolute Gasteiger partial charge is 0.253 e. The minimum absolute atomic E-state index is 0.0816. The first-order valence-corrected chi connectivity index (χ1v) is 13.8. The van der Waals surface area contributed by atoms with Gasteiger partial charge < -0.3 is 4.98 Å².